The number of carboxylic acids is 1. The van der Waals surface area contributed by atoms with Crippen molar-refractivity contribution in [1.82, 2.24) is 15.3 Å². The fourth-order valence-electron chi connectivity index (χ4n) is 4.43. The van der Waals surface area contributed by atoms with Crippen LogP contribution in [0.2, 0.25) is 0 Å². The molecule has 0 unspecified atom stereocenters. The van der Waals surface area contributed by atoms with Gasteiger partial charge in [0, 0.05) is 23.5 Å². The maximum atomic E-state index is 12.4. The molecule has 0 spiro atoms. The largest absolute Gasteiger partial charge is 0.494 e. The van der Waals surface area contributed by atoms with Gasteiger partial charge in [0.1, 0.15) is 12.4 Å². The van der Waals surface area contributed by atoms with Gasteiger partial charge in [0.25, 0.3) is 0 Å². The van der Waals surface area contributed by atoms with Crippen LogP contribution in [0.4, 0.5) is 4.79 Å². The summed E-state index contributed by atoms with van der Waals surface area (Å²) >= 11 is 0. The maximum Gasteiger partial charge on any atom is 0.408 e. The third-order valence-corrected chi connectivity index (χ3v) is 7.07. The lowest BCUT2D eigenvalue weighted by Gasteiger charge is -2.26. The second-order valence-electron chi connectivity index (χ2n) is 10.3. The summed E-state index contributed by atoms with van der Waals surface area (Å²) < 4.78 is 11.1. The van der Waals surface area contributed by atoms with E-state index in [1.165, 1.54) is 32.6 Å². The Morgan fingerprint density at radius 3 is 2.10 bits per heavy atom. The van der Waals surface area contributed by atoms with Gasteiger partial charge in [0.15, 0.2) is 11.4 Å². The first kappa shape index (κ1) is 30.2. The highest BCUT2D eigenvalue weighted by Gasteiger charge is 2.37. The van der Waals surface area contributed by atoms with Gasteiger partial charge >= 0.3 is 12.1 Å². The van der Waals surface area contributed by atoms with Crippen LogP contribution in [0.25, 0.3) is 22.5 Å². The highest BCUT2D eigenvalue weighted by molar-refractivity contribution is 5.85. The second kappa shape index (κ2) is 14.8. The molecule has 1 aromatic heterocycles. The molecule has 0 bridgehead atoms. The Morgan fingerprint density at radius 1 is 0.810 bits per heavy atom. The van der Waals surface area contributed by atoms with Crippen LogP contribution in [-0.2, 0) is 21.7 Å². The number of aromatic nitrogens is 2. The Balaban J connectivity index is 1.35. The van der Waals surface area contributed by atoms with Crippen LogP contribution in [0.5, 0.6) is 5.75 Å². The number of hydrogen-bond donors (Lipinski definition) is 2. The molecular formula is C34H37N3O5. The van der Waals surface area contributed by atoms with Crippen LogP contribution in [0.1, 0.15) is 57.1 Å². The van der Waals surface area contributed by atoms with Crippen molar-refractivity contribution in [2.45, 2.75) is 58.1 Å². The Kier molecular flexibility index (Phi) is 10.6. The minimum Gasteiger partial charge on any atom is -0.494 e. The van der Waals surface area contributed by atoms with Gasteiger partial charge in [-0.25, -0.2) is 19.6 Å². The molecule has 8 nitrogen and oxygen atoms in total. The number of rotatable bonds is 14. The topological polar surface area (TPSA) is 111 Å². The molecule has 0 fully saturated rings. The maximum absolute atomic E-state index is 12.4. The third kappa shape index (κ3) is 8.16. The van der Waals surface area contributed by atoms with Crippen molar-refractivity contribution in [3.05, 3.63) is 102 Å². The molecule has 0 radical (unpaired) electrons. The molecule has 0 aliphatic rings. The van der Waals surface area contributed by atoms with Crippen molar-refractivity contribution in [3.8, 4) is 28.3 Å². The van der Waals surface area contributed by atoms with E-state index >= 15 is 0 Å². The number of unbranched alkanes of at least 4 members (excludes halogenated alkanes) is 4. The zero-order valence-electron chi connectivity index (χ0n) is 24.1. The smallest absolute Gasteiger partial charge is 0.408 e. The molecule has 8 heteroatoms. The number of amides is 1. The fourth-order valence-corrected chi connectivity index (χ4v) is 4.43. The molecule has 2 N–H and O–H groups in total. The first-order valence-corrected chi connectivity index (χ1v) is 14.3. The van der Waals surface area contributed by atoms with E-state index in [0.717, 1.165) is 35.5 Å². The monoisotopic (exact) mass is 567 g/mol. The zero-order chi connectivity index (χ0) is 29.8. The summed E-state index contributed by atoms with van der Waals surface area (Å²) in [7, 11) is 0. The van der Waals surface area contributed by atoms with Crippen LogP contribution in [-0.4, -0.2) is 33.7 Å². The molecule has 0 saturated heterocycles. The van der Waals surface area contributed by atoms with E-state index in [0.29, 0.717) is 17.0 Å². The van der Waals surface area contributed by atoms with Crippen molar-refractivity contribution < 1.29 is 24.2 Å². The minimum atomic E-state index is -1.69. The first-order valence-electron chi connectivity index (χ1n) is 14.3. The number of hydrogen-bond acceptors (Lipinski definition) is 6. The van der Waals surface area contributed by atoms with E-state index in [1.54, 1.807) is 36.7 Å². The number of carbonyl (C=O) groups is 2. The van der Waals surface area contributed by atoms with Crippen molar-refractivity contribution in [1.29, 1.82) is 0 Å². The molecule has 42 heavy (non-hydrogen) atoms. The van der Waals surface area contributed by atoms with Gasteiger partial charge in [0.05, 0.1) is 6.61 Å². The van der Waals surface area contributed by atoms with Gasteiger partial charge in [-0.05, 0) is 42.2 Å². The number of aliphatic carboxylic acids is 1. The first-order chi connectivity index (χ1) is 20.4. The van der Waals surface area contributed by atoms with E-state index in [2.05, 4.69) is 22.2 Å². The summed E-state index contributed by atoms with van der Waals surface area (Å²) in [5.41, 5.74) is 2.06. The van der Waals surface area contributed by atoms with Gasteiger partial charge in [-0.15, -0.1) is 0 Å². The lowest BCUT2D eigenvalue weighted by Crippen LogP contribution is -2.49. The van der Waals surface area contributed by atoms with Gasteiger partial charge < -0.3 is 19.9 Å². The highest BCUT2D eigenvalue weighted by atomic mass is 16.5. The molecule has 1 amide bonds. The number of ether oxygens (including phenoxy) is 2. The van der Waals surface area contributed by atoms with E-state index in [-0.39, 0.29) is 6.61 Å². The lowest BCUT2D eigenvalue weighted by molar-refractivity contribution is -0.144. The van der Waals surface area contributed by atoms with Crippen molar-refractivity contribution in [2.24, 2.45) is 0 Å². The predicted octanol–water partition coefficient (Wildman–Crippen LogP) is 7.39. The predicted molar refractivity (Wildman–Crippen MR) is 162 cm³/mol. The molecule has 1 heterocycles. The normalized spacial score (nSPS) is 12.2. The number of nitrogens with one attached hydrogen (secondary N) is 1. The Bertz CT molecular complexity index is 1430. The zero-order valence-corrected chi connectivity index (χ0v) is 24.1. The fraction of sp³-hybridized carbons (Fsp3) is 0.294. The van der Waals surface area contributed by atoms with Gasteiger partial charge in [-0.1, -0.05) is 99.3 Å². The molecular weight excluding hydrogens is 530 g/mol. The minimum absolute atomic E-state index is 0.0335. The van der Waals surface area contributed by atoms with Crippen molar-refractivity contribution in [3.63, 3.8) is 0 Å². The quantitative estimate of drug-likeness (QED) is 0.153. The van der Waals surface area contributed by atoms with E-state index in [4.69, 9.17) is 9.47 Å². The molecule has 1 atom stereocenters. The number of alkyl carbamates (subject to hydrolysis) is 1. The molecule has 0 saturated carbocycles. The summed E-state index contributed by atoms with van der Waals surface area (Å²) in [6, 6.07) is 23.8. The Hall–Kier alpha value is -4.72. The van der Waals surface area contributed by atoms with E-state index < -0.39 is 17.6 Å². The van der Waals surface area contributed by atoms with Gasteiger partial charge in [-0.2, -0.15) is 0 Å². The van der Waals surface area contributed by atoms with Crippen LogP contribution in [0.15, 0.2) is 91.3 Å². The van der Waals surface area contributed by atoms with Crippen LogP contribution < -0.4 is 10.1 Å². The van der Waals surface area contributed by atoms with Crippen LogP contribution >= 0.6 is 0 Å². The summed E-state index contributed by atoms with van der Waals surface area (Å²) in [6.45, 7) is 4.39. The third-order valence-electron chi connectivity index (χ3n) is 7.07. The SMILES string of the molecule is CCCCCCCOc1ccc(-c2cnc(-c3ccc([C@](C)(NC(=O)OCc4ccccc4)C(=O)O)cc3)nc2)cc1. The van der Waals surface area contributed by atoms with Crippen LogP contribution in [0, 0.1) is 0 Å². The average molecular weight is 568 g/mol. The number of benzene rings is 3. The molecule has 0 aliphatic heterocycles. The number of carbonyl (C=O) groups excluding carboxylic acids is 1. The average Bonchev–Trinajstić information content (AvgIpc) is 3.02. The van der Waals surface area contributed by atoms with Gasteiger partial charge in [-0.3, -0.25) is 0 Å². The molecule has 4 aromatic rings. The highest BCUT2D eigenvalue weighted by Crippen LogP contribution is 2.26. The number of nitrogens with zero attached hydrogens (tertiary/aromatic N) is 2. The lowest BCUT2D eigenvalue weighted by atomic mass is 9.91. The summed E-state index contributed by atoms with van der Waals surface area (Å²) in [5, 5.41) is 12.4. The van der Waals surface area contributed by atoms with Crippen LogP contribution in [0.3, 0.4) is 0 Å². The van der Waals surface area contributed by atoms with Crippen molar-refractivity contribution >= 4 is 12.1 Å². The molecule has 218 valence electrons. The summed E-state index contributed by atoms with van der Waals surface area (Å²) in [5.74, 6) is 0.135. The number of carboxylic acid groups (broad SMARTS) is 1. The molecule has 3 aromatic carbocycles. The molecule has 4 rings (SSSR count). The standard InChI is InChI=1S/C34H37N3O5/c1-3-4-5-6-10-21-41-30-19-15-26(16-20-30)28-22-35-31(36-23-28)27-13-17-29(18-14-27)34(2,32(38)39)37-33(40)42-24-25-11-8-7-9-12-25/h7-9,11-20,22-23H,3-6,10,21,24H2,1-2H3,(H,37,40)(H,38,39)/t34-/m0/s1. The second-order valence-corrected chi connectivity index (χ2v) is 10.3. The van der Waals surface area contributed by atoms with E-state index in [9.17, 15) is 14.7 Å². The summed E-state index contributed by atoms with van der Waals surface area (Å²) in [6.07, 6.45) is 8.70. The Morgan fingerprint density at radius 2 is 1.45 bits per heavy atom. The van der Waals surface area contributed by atoms with E-state index in [1.807, 2.05) is 54.6 Å². The summed E-state index contributed by atoms with van der Waals surface area (Å²) in [4.78, 5) is 33.6. The Labute approximate surface area is 246 Å². The van der Waals surface area contributed by atoms with Crippen molar-refractivity contribution in [2.75, 3.05) is 6.61 Å². The molecule has 0 aliphatic carbocycles. The van der Waals surface area contributed by atoms with Gasteiger partial charge in [0.2, 0.25) is 0 Å².